The van der Waals surface area contributed by atoms with E-state index >= 15 is 0 Å². The second kappa shape index (κ2) is 10.5. The number of unbranched alkanes of at least 4 members (excludes halogenated alkanes) is 1. The molecule has 0 saturated heterocycles. The summed E-state index contributed by atoms with van der Waals surface area (Å²) in [5, 5.41) is 15.9. The minimum absolute atomic E-state index is 0.000810. The minimum Gasteiger partial charge on any atom is -0.481 e. The molecule has 0 unspecified atom stereocenters. The molecule has 0 saturated carbocycles. The molecule has 7 nitrogen and oxygen atoms in total. The minimum atomic E-state index is -0.864. The molecule has 7 heteroatoms. The van der Waals surface area contributed by atoms with Gasteiger partial charge in [0.1, 0.15) is 0 Å². The number of rotatable bonds is 9. The Labute approximate surface area is 106 Å². The predicted octanol–water partition coefficient (Wildman–Crippen LogP) is 0.0667. The summed E-state index contributed by atoms with van der Waals surface area (Å²) >= 11 is 0. The van der Waals surface area contributed by atoms with E-state index in [-0.39, 0.29) is 13.0 Å². The maximum absolute atomic E-state index is 11.2. The largest absolute Gasteiger partial charge is 0.481 e. The van der Waals surface area contributed by atoms with Gasteiger partial charge in [-0.25, -0.2) is 4.79 Å². The van der Waals surface area contributed by atoms with Gasteiger partial charge in [-0.05, 0) is 19.4 Å². The van der Waals surface area contributed by atoms with Crippen molar-refractivity contribution in [2.24, 2.45) is 0 Å². The molecule has 0 spiro atoms. The van der Waals surface area contributed by atoms with Crippen LogP contribution in [0.3, 0.4) is 0 Å². The molecule has 0 aromatic carbocycles. The van der Waals surface area contributed by atoms with Gasteiger partial charge in [-0.1, -0.05) is 13.3 Å². The predicted molar refractivity (Wildman–Crippen MR) is 66.2 cm³/mol. The van der Waals surface area contributed by atoms with Crippen molar-refractivity contribution >= 4 is 17.9 Å². The van der Waals surface area contributed by atoms with Crippen LogP contribution in [0, 0.1) is 0 Å². The third kappa shape index (κ3) is 10.9. The summed E-state index contributed by atoms with van der Waals surface area (Å²) in [6.45, 7) is 2.98. The van der Waals surface area contributed by atoms with E-state index in [1.807, 2.05) is 6.92 Å². The number of hydrogen-bond donors (Lipinski definition) is 4. The van der Waals surface area contributed by atoms with Gasteiger partial charge >= 0.3 is 12.0 Å². The Balaban J connectivity index is 3.46. The van der Waals surface area contributed by atoms with Gasteiger partial charge in [0.2, 0.25) is 5.91 Å². The SMILES string of the molecule is CCCCNC(=O)NC(=O)CNCCCC(=O)O. The van der Waals surface area contributed by atoms with Crippen LogP contribution in [0.2, 0.25) is 0 Å². The fourth-order valence-corrected chi connectivity index (χ4v) is 1.16. The highest BCUT2D eigenvalue weighted by Crippen LogP contribution is 1.85. The second-order valence-electron chi connectivity index (χ2n) is 3.83. The number of hydrogen-bond acceptors (Lipinski definition) is 4. The quantitative estimate of drug-likeness (QED) is 0.438. The number of nitrogens with one attached hydrogen (secondary N) is 3. The Bertz CT molecular complexity index is 281. The standard InChI is InChI=1S/C11H21N3O4/c1-2-3-7-13-11(18)14-9(15)8-12-6-4-5-10(16)17/h12H,2-8H2,1H3,(H,16,17)(H2,13,14,15,18). The first-order valence-corrected chi connectivity index (χ1v) is 6.06. The molecule has 0 fully saturated rings. The number of imide groups is 1. The average molecular weight is 259 g/mol. The lowest BCUT2D eigenvalue weighted by molar-refractivity contribution is -0.137. The van der Waals surface area contributed by atoms with Gasteiger partial charge in [-0.3, -0.25) is 14.9 Å². The van der Waals surface area contributed by atoms with Gasteiger partial charge < -0.3 is 15.7 Å². The van der Waals surface area contributed by atoms with Crippen molar-refractivity contribution < 1.29 is 19.5 Å². The van der Waals surface area contributed by atoms with Crippen molar-refractivity contribution in [2.75, 3.05) is 19.6 Å². The number of carboxylic acids is 1. The van der Waals surface area contributed by atoms with Crippen LogP contribution in [0.4, 0.5) is 4.79 Å². The van der Waals surface area contributed by atoms with E-state index in [1.54, 1.807) is 0 Å². The highest BCUT2D eigenvalue weighted by atomic mass is 16.4. The summed E-state index contributed by atoms with van der Waals surface area (Å²) in [6.07, 6.45) is 2.35. The van der Waals surface area contributed by atoms with E-state index in [1.165, 1.54) is 0 Å². The van der Waals surface area contributed by atoms with Crippen molar-refractivity contribution in [3.63, 3.8) is 0 Å². The zero-order chi connectivity index (χ0) is 13.8. The first kappa shape index (κ1) is 16.4. The van der Waals surface area contributed by atoms with E-state index < -0.39 is 17.9 Å². The molecule has 0 radical (unpaired) electrons. The van der Waals surface area contributed by atoms with Crippen molar-refractivity contribution in [3.8, 4) is 0 Å². The molecular weight excluding hydrogens is 238 g/mol. The fraction of sp³-hybridized carbons (Fsp3) is 0.727. The third-order valence-electron chi connectivity index (χ3n) is 2.10. The van der Waals surface area contributed by atoms with Crippen molar-refractivity contribution in [3.05, 3.63) is 0 Å². The second-order valence-corrected chi connectivity index (χ2v) is 3.83. The van der Waals surface area contributed by atoms with Gasteiger partial charge in [0.05, 0.1) is 6.54 Å². The van der Waals surface area contributed by atoms with Crippen LogP contribution < -0.4 is 16.0 Å². The molecule has 0 aliphatic heterocycles. The van der Waals surface area contributed by atoms with Gasteiger partial charge in [-0.15, -0.1) is 0 Å². The summed E-state index contributed by atoms with van der Waals surface area (Å²) in [5.41, 5.74) is 0. The molecule has 0 rings (SSSR count). The zero-order valence-corrected chi connectivity index (χ0v) is 10.6. The summed E-state index contributed by atoms with van der Waals surface area (Å²) in [4.78, 5) is 32.6. The highest BCUT2D eigenvalue weighted by molar-refractivity contribution is 5.95. The molecule has 0 aliphatic carbocycles. The van der Waals surface area contributed by atoms with E-state index in [0.717, 1.165) is 12.8 Å². The summed E-state index contributed by atoms with van der Waals surface area (Å²) in [5.74, 6) is -1.30. The number of amides is 3. The Kier molecular flexibility index (Phi) is 9.57. The molecule has 4 N–H and O–H groups in total. The van der Waals surface area contributed by atoms with Gasteiger partial charge in [0.25, 0.3) is 0 Å². The normalized spacial score (nSPS) is 9.83. The maximum Gasteiger partial charge on any atom is 0.321 e. The Morgan fingerprint density at radius 2 is 1.83 bits per heavy atom. The smallest absolute Gasteiger partial charge is 0.321 e. The van der Waals surface area contributed by atoms with Crippen LogP contribution in [0.25, 0.3) is 0 Å². The van der Waals surface area contributed by atoms with E-state index in [9.17, 15) is 14.4 Å². The average Bonchev–Trinajstić information content (AvgIpc) is 2.28. The van der Waals surface area contributed by atoms with Crippen LogP contribution in [0.15, 0.2) is 0 Å². The van der Waals surface area contributed by atoms with Gasteiger partial charge in [0.15, 0.2) is 0 Å². The van der Waals surface area contributed by atoms with Crippen LogP contribution in [0.1, 0.15) is 32.6 Å². The molecule has 18 heavy (non-hydrogen) atoms. The van der Waals surface area contributed by atoms with Gasteiger partial charge in [0, 0.05) is 13.0 Å². The van der Waals surface area contributed by atoms with Gasteiger partial charge in [-0.2, -0.15) is 0 Å². The van der Waals surface area contributed by atoms with Crippen molar-refractivity contribution in [2.45, 2.75) is 32.6 Å². The zero-order valence-electron chi connectivity index (χ0n) is 10.6. The molecule has 0 aromatic heterocycles. The Morgan fingerprint density at radius 1 is 1.11 bits per heavy atom. The lowest BCUT2D eigenvalue weighted by Crippen LogP contribution is -2.43. The number of carbonyl (C=O) groups excluding carboxylic acids is 2. The highest BCUT2D eigenvalue weighted by Gasteiger charge is 2.06. The number of carbonyl (C=O) groups is 3. The Hall–Kier alpha value is -1.63. The lowest BCUT2D eigenvalue weighted by atomic mass is 10.3. The van der Waals surface area contributed by atoms with Crippen LogP contribution in [-0.2, 0) is 9.59 Å². The molecular formula is C11H21N3O4. The van der Waals surface area contributed by atoms with E-state index in [0.29, 0.717) is 19.5 Å². The molecule has 0 aliphatic rings. The summed E-state index contributed by atoms with van der Waals surface area (Å²) < 4.78 is 0. The molecule has 104 valence electrons. The lowest BCUT2D eigenvalue weighted by Gasteiger charge is -2.06. The molecule has 0 heterocycles. The van der Waals surface area contributed by atoms with Crippen LogP contribution >= 0.6 is 0 Å². The van der Waals surface area contributed by atoms with E-state index in [4.69, 9.17) is 5.11 Å². The fourth-order valence-electron chi connectivity index (χ4n) is 1.16. The third-order valence-corrected chi connectivity index (χ3v) is 2.10. The van der Waals surface area contributed by atoms with Crippen LogP contribution in [-0.4, -0.2) is 42.6 Å². The van der Waals surface area contributed by atoms with Crippen LogP contribution in [0.5, 0.6) is 0 Å². The topological polar surface area (TPSA) is 108 Å². The maximum atomic E-state index is 11.2. The molecule has 3 amide bonds. The summed E-state index contributed by atoms with van der Waals surface area (Å²) in [7, 11) is 0. The van der Waals surface area contributed by atoms with E-state index in [2.05, 4.69) is 16.0 Å². The number of carboxylic acid groups (broad SMARTS) is 1. The molecule has 0 bridgehead atoms. The monoisotopic (exact) mass is 259 g/mol. The molecule has 0 atom stereocenters. The number of urea groups is 1. The summed E-state index contributed by atoms with van der Waals surface area (Å²) in [6, 6.07) is -0.499. The number of aliphatic carboxylic acids is 1. The first-order valence-electron chi connectivity index (χ1n) is 6.06. The van der Waals surface area contributed by atoms with Crippen molar-refractivity contribution in [1.82, 2.24) is 16.0 Å². The first-order chi connectivity index (χ1) is 8.56. The molecule has 0 aromatic rings. The van der Waals surface area contributed by atoms with Crippen molar-refractivity contribution in [1.29, 1.82) is 0 Å². The Morgan fingerprint density at radius 3 is 2.44 bits per heavy atom.